The summed E-state index contributed by atoms with van der Waals surface area (Å²) < 4.78 is 0. The van der Waals surface area contributed by atoms with Crippen molar-refractivity contribution in [3.8, 4) is 5.75 Å². The van der Waals surface area contributed by atoms with E-state index >= 15 is 0 Å². The number of carboxylic acid groups (broad SMARTS) is 1. The fraction of sp³-hybridized carbons (Fsp3) is 0.0667. The second-order valence-corrected chi connectivity index (χ2v) is 4.79. The van der Waals surface area contributed by atoms with Crippen molar-refractivity contribution in [3.05, 3.63) is 58.6 Å². The molecule has 0 aliphatic carbocycles. The van der Waals surface area contributed by atoms with Gasteiger partial charge in [0, 0.05) is 10.6 Å². The van der Waals surface area contributed by atoms with Gasteiger partial charge in [-0.2, -0.15) is 5.10 Å². The molecule has 108 valence electrons. The average Bonchev–Trinajstić information content (AvgIpc) is 2.47. The van der Waals surface area contributed by atoms with E-state index < -0.39 is 5.97 Å². The second kappa shape index (κ2) is 6.28. The second-order valence-electron chi connectivity index (χ2n) is 4.35. The Labute approximate surface area is 126 Å². The van der Waals surface area contributed by atoms with Crippen LogP contribution in [-0.4, -0.2) is 21.9 Å². The maximum atomic E-state index is 10.7. The van der Waals surface area contributed by atoms with Crippen LogP contribution in [0.5, 0.6) is 5.75 Å². The molecule has 0 aliphatic heterocycles. The van der Waals surface area contributed by atoms with Crippen molar-refractivity contribution >= 4 is 29.0 Å². The molecule has 0 aromatic heterocycles. The Morgan fingerprint density at radius 1 is 1.19 bits per heavy atom. The largest absolute Gasteiger partial charge is 0.507 e. The summed E-state index contributed by atoms with van der Waals surface area (Å²) in [5.41, 5.74) is 4.72. The van der Waals surface area contributed by atoms with E-state index in [1.165, 1.54) is 18.2 Å². The van der Waals surface area contributed by atoms with Crippen LogP contribution in [0.3, 0.4) is 0 Å². The zero-order chi connectivity index (χ0) is 15.4. The first-order chi connectivity index (χ1) is 9.97. The fourth-order valence-corrected chi connectivity index (χ4v) is 1.87. The van der Waals surface area contributed by atoms with Crippen LogP contribution in [0.2, 0.25) is 5.02 Å². The third-order valence-electron chi connectivity index (χ3n) is 2.83. The first-order valence-corrected chi connectivity index (χ1v) is 6.47. The van der Waals surface area contributed by atoms with Crippen molar-refractivity contribution in [2.45, 2.75) is 6.92 Å². The molecule has 2 aromatic rings. The molecule has 0 amide bonds. The monoisotopic (exact) mass is 304 g/mol. The molecule has 0 saturated carbocycles. The summed E-state index contributed by atoms with van der Waals surface area (Å²) in [6.45, 7) is 1.73. The van der Waals surface area contributed by atoms with Gasteiger partial charge in [-0.25, -0.2) is 4.79 Å². The lowest BCUT2D eigenvalue weighted by molar-refractivity contribution is 0.0697. The van der Waals surface area contributed by atoms with Crippen molar-refractivity contribution in [2.24, 2.45) is 5.10 Å². The predicted molar refractivity (Wildman–Crippen MR) is 82.4 cm³/mol. The number of phenols is 1. The van der Waals surface area contributed by atoms with Gasteiger partial charge in [0.15, 0.2) is 0 Å². The Morgan fingerprint density at radius 2 is 1.86 bits per heavy atom. The molecule has 5 nitrogen and oxygen atoms in total. The Balaban J connectivity index is 2.16. The van der Waals surface area contributed by atoms with Crippen LogP contribution >= 0.6 is 11.6 Å². The quantitative estimate of drug-likeness (QED) is 0.595. The molecule has 0 saturated heterocycles. The van der Waals surface area contributed by atoms with E-state index in [9.17, 15) is 9.90 Å². The standard InChI is InChI=1S/C15H13ClN2O3/c1-9(13-8-11(16)4-7-14(13)19)17-18-12-5-2-10(3-6-12)15(20)21/h2-8,18-19H,1H3,(H,20,21)/b17-9+. The molecule has 0 radical (unpaired) electrons. The van der Waals surface area contributed by atoms with Gasteiger partial charge in [-0.05, 0) is 49.4 Å². The molecule has 0 fully saturated rings. The third-order valence-corrected chi connectivity index (χ3v) is 3.07. The zero-order valence-corrected chi connectivity index (χ0v) is 11.9. The van der Waals surface area contributed by atoms with E-state index in [1.54, 1.807) is 31.2 Å². The van der Waals surface area contributed by atoms with Gasteiger partial charge in [-0.3, -0.25) is 5.43 Å². The molecule has 21 heavy (non-hydrogen) atoms. The molecule has 0 heterocycles. The molecule has 0 unspecified atom stereocenters. The SMILES string of the molecule is C/C(=N\Nc1ccc(C(=O)O)cc1)c1cc(Cl)ccc1O. The Bertz CT molecular complexity index is 697. The number of phenolic OH excluding ortho intramolecular Hbond substituents is 1. The number of anilines is 1. The number of aromatic hydroxyl groups is 1. The third kappa shape index (κ3) is 3.73. The number of hydrogen-bond donors (Lipinski definition) is 3. The van der Waals surface area contributed by atoms with E-state index in [2.05, 4.69) is 10.5 Å². The minimum atomic E-state index is -0.981. The number of carbonyl (C=O) groups is 1. The summed E-state index contributed by atoms with van der Waals surface area (Å²) in [6.07, 6.45) is 0. The summed E-state index contributed by atoms with van der Waals surface area (Å²) in [4.78, 5) is 10.7. The summed E-state index contributed by atoms with van der Waals surface area (Å²) in [5, 5.41) is 23.2. The highest BCUT2D eigenvalue weighted by atomic mass is 35.5. The summed E-state index contributed by atoms with van der Waals surface area (Å²) in [6, 6.07) is 10.9. The van der Waals surface area contributed by atoms with E-state index in [4.69, 9.17) is 16.7 Å². The number of hydrazone groups is 1. The van der Waals surface area contributed by atoms with E-state index in [0.717, 1.165) is 0 Å². The van der Waals surface area contributed by atoms with Crippen molar-refractivity contribution < 1.29 is 15.0 Å². The Hall–Kier alpha value is -2.53. The molecule has 3 N–H and O–H groups in total. The van der Waals surface area contributed by atoms with Gasteiger partial charge in [-0.15, -0.1) is 0 Å². The molecule has 0 spiro atoms. The van der Waals surface area contributed by atoms with Gasteiger partial charge in [0.25, 0.3) is 0 Å². The van der Waals surface area contributed by atoms with Crippen LogP contribution in [0.25, 0.3) is 0 Å². The number of rotatable bonds is 4. The zero-order valence-electron chi connectivity index (χ0n) is 11.2. The Kier molecular flexibility index (Phi) is 4.45. The topological polar surface area (TPSA) is 81.9 Å². The van der Waals surface area contributed by atoms with E-state index in [0.29, 0.717) is 22.0 Å². The lowest BCUT2D eigenvalue weighted by atomic mass is 10.1. The van der Waals surface area contributed by atoms with Gasteiger partial charge in [-0.1, -0.05) is 11.6 Å². The lowest BCUT2D eigenvalue weighted by Gasteiger charge is -2.06. The van der Waals surface area contributed by atoms with Crippen LogP contribution in [0.15, 0.2) is 47.6 Å². The molecule has 0 bridgehead atoms. The molecular weight excluding hydrogens is 292 g/mol. The van der Waals surface area contributed by atoms with Crippen molar-refractivity contribution in [2.75, 3.05) is 5.43 Å². The fourth-order valence-electron chi connectivity index (χ4n) is 1.69. The first-order valence-electron chi connectivity index (χ1n) is 6.10. The molecular formula is C15H13ClN2O3. The van der Waals surface area contributed by atoms with Crippen molar-refractivity contribution in [3.63, 3.8) is 0 Å². The number of halogens is 1. The number of nitrogens with one attached hydrogen (secondary N) is 1. The van der Waals surface area contributed by atoms with Crippen LogP contribution in [0.1, 0.15) is 22.8 Å². The minimum absolute atomic E-state index is 0.0867. The van der Waals surface area contributed by atoms with Crippen LogP contribution < -0.4 is 5.43 Å². The minimum Gasteiger partial charge on any atom is -0.507 e. The maximum absolute atomic E-state index is 10.7. The molecule has 0 atom stereocenters. The van der Waals surface area contributed by atoms with E-state index in [-0.39, 0.29) is 11.3 Å². The lowest BCUT2D eigenvalue weighted by Crippen LogP contribution is -2.01. The highest BCUT2D eigenvalue weighted by molar-refractivity contribution is 6.31. The van der Waals surface area contributed by atoms with Crippen molar-refractivity contribution in [1.82, 2.24) is 0 Å². The van der Waals surface area contributed by atoms with Gasteiger partial charge in [0.2, 0.25) is 0 Å². The van der Waals surface area contributed by atoms with Crippen LogP contribution in [0, 0.1) is 0 Å². The number of hydrogen-bond acceptors (Lipinski definition) is 4. The molecule has 2 rings (SSSR count). The van der Waals surface area contributed by atoms with Gasteiger partial charge in [0.1, 0.15) is 5.75 Å². The van der Waals surface area contributed by atoms with E-state index in [1.807, 2.05) is 0 Å². The summed E-state index contributed by atoms with van der Waals surface area (Å²) >= 11 is 5.88. The maximum Gasteiger partial charge on any atom is 0.335 e. The average molecular weight is 305 g/mol. The molecule has 0 aliphatic rings. The molecule has 6 heteroatoms. The highest BCUT2D eigenvalue weighted by Crippen LogP contribution is 2.22. The van der Waals surface area contributed by atoms with Crippen LogP contribution in [-0.2, 0) is 0 Å². The highest BCUT2D eigenvalue weighted by Gasteiger charge is 2.06. The van der Waals surface area contributed by atoms with Crippen LogP contribution in [0.4, 0.5) is 5.69 Å². The van der Waals surface area contributed by atoms with Gasteiger partial charge >= 0.3 is 5.97 Å². The first kappa shape index (κ1) is 14.9. The van der Waals surface area contributed by atoms with Crippen molar-refractivity contribution in [1.29, 1.82) is 0 Å². The predicted octanol–water partition coefficient (Wildman–Crippen LogP) is 3.58. The number of nitrogens with zero attached hydrogens (tertiary/aromatic N) is 1. The molecule has 2 aromatic carbocycles. The smallest absolute Gasteiger partial charge is 0.335 e. The normalized spacial score (nSPS) is 11.2. The van der Waals surface area contributed by atoms with Gasteiger partial charge in [0.05, 0.1) is 17.0 Å². The number of carboxylic acids is 1. The number of aromatic carboxylic acids is 1. The Morgan fingerprint density at radius 3 is 2.48 bits per heavy atom. The number of benzene rings is 2. The summed E-state index contributed by atoms with van der Waals surface area (Å²) in [5.74, 6) is -0.895. The van der Waals surface area contributed by atoms with Gasteiger partial charge < -0.3 is 10.2 Å². The summed E-state index contributed by atoms with van der Waals surface area (Å²) in [7, 11) is 0.